The van der Waals surface area contributed by atoms with Crippen LogP contribution >= 0.6 is 0 Å². The molecule has 1 aromatic heterocycles. The quantitative estimate of drug-likeness (QED) is 0.579. The number of amides is 1. The summed E-state index contributed by atoms with van der Waals surface area (Å²) in [5.41, 5.74) is 5.36. The van der Waals surface area contributed by atoms with Gasteiger partial charge in [-0.1, -0.05) is 47.6 Å². The Kier molecular flexibility index (Phi) is 4.70. The average molecular weight is 337 g/mol. The van der Waals surface area contributed by atoms with E-state index < -0.39 is 5.91 Å². The van der Waals surface area contributed by atoms with E-state index in [1.165, 1.54) is 12.1 Å². The molecule has 1 amide bonds. The second kappa shape index (κ2) is 7.09. The van der Waals surface area contributed by atoms with Gasteiger partial charge in [-0.3, -0.25) is 4.79 Å². The molecule has 0 spiro atoms. The largest absolute Gasteiger partial charge is 0.360 e. The van der Waals surface area contributed by atoms with Gasteiger partial charge in [0.2, 0.25) is 0 Å². The molecular weight excluding hydrogens is 321 g/mol. The van der Waals surface area contributed by atoms with Crippen molar-refractivity contribution in [3.8, 4) is 11.3 Å². The maximum Gasteiger partial charge on any atom is 0.277 e. The minimum atomic E-state index is -0.418. The van der Waals surface area contributed by atoms with Crippen LogP contribution in [0.2, 0.25) is 0 Å². The van der Waals surface area contributed by atoms with Crippen LogP contribution in [0.25, 0.3) is 11.3 Å². The van der Waals surface area contributed by atoms with Gasteiger partial charge < -0.3 is 4.52 Å². The van der Waals surface area contributed by atoms with Crippen molar-refractivity contribution in [2.45, 2.75) is 13.8 Å². The Morgan fingerprint density at radius 3 is 2.48 bits per heavy atom. The first-order valence-electron chi connectivity index (χ1n) is 7.68. The van der Waals surface area contributed by atoms with Gasteiger partial charge in [0.1, 0.15) is 22.8 Å². The normalized spacial score (nSPS) is 11.4. The summed E-state index contributed by atoms with van der Waals surface area (Å²) < 4.78 is 18.1. The first-order chi connectivity index (χ1) is 12.1. The molecule has 0 bridgehead atoms. The van der Waals surface area contributed by atoms with E-state index in [2.05, 4.69) is 15.7 Å². The number of halogens is 1. The van der Waals surface area contributed by atoms with Crippen LogP contribution in [0.1, 0.15) is 28.6 Å². The number of hydrogen-bond acceptors (Lipinski definition) is 4. The highest BCUT2D eigenvalue weighted by Crippen LogP contribution is 2.24. The highest BCUT2D eigenvalue weighted by Gasteiger charge is 2.21. The van der Waals surface area contributed by atoms with Gasteiger partial charge in [0.05, 0.1) is 5.71 Å². The van der Waals surface area contributed by atoms with Crippen molar-refractivity contribution in [1.82, 2.24) is 10.6 Å². The van der Waals surface area contributed by atoms with Gasteiger partial charge in [-0.2, -0.15) is 5.10 Å². The molecule has 0 unspecified atom stereocenters. The van der Waals surface area contributed by atoms with Gasteiger partial charge in [0.15, 0.2) is 0 Å². The second-order valence-electron chi connectivity index (χ2n) is 5.47. The lowest BCUT2D eigenvalue weighted by atomic mass is 10.1. The minimum Gasteiger partial charge on any atom is -0.360 e. The topological polar surface area (TPSA) is 67.5 Å². The van der Waals surface area contributed by atoms with E-state index in [0.29, 0.717) is 28.3 Å². The summed E-state index contributed by atoms with van der Waals surface area (Å²) in [6.07, 6.45) is 0. The summed E-state index contributed by atoms with van der Waals surface area (Å²) in [6, 6.07) is 15.2. The van der Waals surface area contributed by atoms with Gasteiger partial charge in [-0.25, -0.2) is 9.82 Å². The molecule has 6 heteroatoms. The molecule has 3 aromatic rings. The Hall–Kier alpha value is -3.28. The van der Waals surface area contributed by atoms with Crippen molar-refractivity contribution in [3.63, 3.8) is 0 Å². The van der Waals surface area contributed by atoms with Crippen molar-refractivity contribution in [3.05, 3.63) is 77.3 Å². The minimum absolute atomic E-state index is 0.326. The molecule has 0 fully saturated rings. The molecule has 0 atom stereocenters. The summed E-state index contributed by atoms with van der Waals surface area (Å²) >= 11 is 0. The van der Waals surface area contributed by atoms with Crippen molar-refractivity contribution in [2.24, 2.45) is 5.10 Å². The van der Waals surface area contributed by atoms with E-state index in [-0.39, 0.29) is 5.82 Å². The standard InChI is InChI=1S/C19H16FN3O2/c1-12(14-8-10-16(20)11-9-14)21-22-19(24)17-13(2)25-23-18(17)15-6-4-3-5-7-15/h3-11H,1-2H3,(H,22,24)/b21-12-. The molecule has 2 aromatic carbocycles. The van der Waals surface area contributed by atoms with E-state index in [9.17, 15) is 9.18 Å². The number of carbonyl (C=O) groups excluding carboxylic acids is 1. The number of aryl methyl sites for hydroxylation is 1. The third-order valence-corrected chi connectivity index (χ3v) is 3.72. The fraction of sp³-hybridized carbons (Fsp3) is 0.105. The maximum absolute atomic E-state index is 13.0. The zero-order valence-electron chi connectivity index (χ0n) is 13.8. The van der Waals surface area contributed by atoms with Crippen LogP contribution in [0, 0.1) is 12.7 Å². The molecule has 1 N–H and O–H groups in total. The summed E-state index contributed by atoms with van der Waals surface area (Å²) in [5, 5.41) is 8.06. The van der Waals surface area contributed by atoms with Gasteiger partial charge >= 0.3 is 0 Å². The number of nitrogens with zero attached hydrogens (tertiary/aromatic N) is 2. The van der Waals surface area contributed by atoms with E-state index in [1.54, 1.807) is 26.0 Å². The Morgan fingerprint density at radius 1 is 1.12 bits per heavy atom. The molecule has 3 rings (SSSR count). The van der Waals surface area contributed by atoms with Crippen LogP contribution in [0.3, 0.4) is 0 Å². The molecular formula is C19H16FN3O2. The molecule has 126 valence electrons. The lowest BCUT2D eigenvalue weighted by Crippen LogP contribution is -2.20. The second-order valence-corrected chi connectivity index (χ2v) is 5.47. The third-order valence-electron chi connectivity index (χ3n) is 3.72. The SMILES string of the molecule is C/C(=N/NC(=O)c1c(-c2ccccc2)noc1C)c1ccc(F)cc1. The summed E-state index contributed by atoms with van der Waals surface area (Å²) in [5.74, 6) is -0.335. The number of hydrazone groups is 1. The van der Waals surface area contributed by atoms with Crippen molar-refractivity contribution in [1.29, 1.82) is 0 Å². The van der Waals surface area contributed by atoms with Crippen molar-refractivity contribution in [2.75, 3.05) is 0 Å². The van der Waals surface area contributed by atoms with E-state index in [0.717, 1.165) is 5.56 Å². The summed E-state index contributed by atoms with van der Waals surface area (Å²) in [4.78, 5) is 12.5. The van der Waals surface area contributed by atoms with E-state index >= 15 is 0 Å². The van der Waals surface area contributed by atoms with Crippen LogP contribution < -0.4 is 5.43 Å². The molecule has 0 aliphatic carbocycles. The Bertz CT molecular complexity index is 916. The van der Waals surface area contributed by atoms with Crippen LogP contribution in [-0.4, -0.2) is 16.8 Å². The third kappa shape index (κ3) is 3.63. The van der Waals surface area contributed by atoms with E-state index in [1.807, 2.05) is 30.3 Å². The molecule has 1 heterocycles. The lowest BCUT2D eigenvalue weighted by Gasteiger charge is -2.04. The number of nitrogens with one attached hydrogen (secondary N) is 1. The molecule has 0 aliphatic heterocycles. The van der Waals surface area contributed by atoms with Crippen LogP contribution in [0.5, 0.6) is 0 Å². The van der Waals surface area contributed by atoms with Crippen LogP contribution in [0.15, 0.2) is 64.2 Å². The monoisotopic (exact) mass is 337 g/mol. The average Bonchev–Trinajstić information content (AvgIpc) is 3.02. The zero-order chi connectivity index (χ0) is 17.8. The molecule has 25 heavy (non-hydrogen) atoms. The maximum atomic E-state index is 13.0. The molecule has 5 nitrogen and oxygen atoms in total. The number of benzene rings is 2. The van der Waals surface area contributed by atoms with Gasteiger partial charge in [-0.15, -0.1) is 0 Å². The van der Waals surface area contributed by atoms with Crippen LogP contribution in [-0.2, 0) is 0 Å². The fourth-order valence-electron chi connectivity index (χ4n) is 2.38. The van der Waals surface area contributed by atoms with Crippen LogP contribution in [0.4, 0.5) is 4.39 Å². The molecule has 0 saturated carbocycles. The lowest BCUT2D eigenvalue weighted by molar-refractivity contribution is 0.0954. The molecule has 0 radical (unpaired) electrons. The van der Waals surface area contributed by atoms with Gasteiger partial charge in [0, 0.05) is 5.56 Å². The Labute approximate surface area is 144 Å². The summed E-state index contributed by atoms with van der Waals surface area (Å²) in [6.45, 7) is 3.40. The smallest absolute Gasteiger partial charge is 0.277 e. The van der Waals surface area contributed by atoms with Crippen molar-refractivity contribution >= 4 is 11.6 Å². The number of aromatic nitrogens is 1. The number of rotatable bonds is 4. The number of carbonyl (C=O) groups is 1. The first-order valence-corrected chi connectivity index (χ1v) is 7.68. The molecule has 0 aliphatic rings. The first kappa shape index (κ1) is 16.6. The zero-order valence-corrected chi connectivity index (χ0v) is 13.8. The fourth-order valence-corrected chi connectivity index (χ4v) is 2.38. The Balaban J connectivity index is 1.83. The van der Waals surface area contributed by atoms with Crippen molar-refractivity contribution < 1.29 is 13.7 Å². The highest BCUT2D eigenvalue weighted by atomic mass is 19.1. The predicted octanol–water partition coefficient (Wildman–Crippen LogP) is 3.94. The molecule has 0 saturated heterocycles. The number of hydrogen-bond donors (Lipinski definition) is 1. The van der Waals surface area contributed by atoms with E-state index in [4.69, 9.17) is 4.52 Å². The van der Waals surface area contributed by atoms with Gasteiger partial charge in [-0.05, 0) is 31.5 Å². The summed E-state index contributed by atoms with van der Waals surface area (Å²) in [7, 11) is 0. The Morgan fingerprint density at radius 2 is 1.80 bits per heavy atom. The van der Waals surface area contributed by atoms with Gasteiger partial charge in [0.25, 0.3) is 5.91 Å². The highest BCUT2D eigenvalue weighted by molar-refractivity contribution is 6.03. The predicted molar refractivity (Wildman–Crippen MR) is 92.8 cm³/mol.